The van der Waals surface area contributed by atoms with Crippen LogP contribution in [0.25, 0.3) is 0 Å². The van der Waals surface area contributed by atoms with Crippen molar-refractivity contribution in [2.45, 2.75) is 59.0 Å². The van der Waals surface area contributed by atoms with Gasteiger partial charge in [-0.25, -0.2) is 13.6 Å². The van der Waals surface area contributed by atoms with Crippen molar-refractivity contribution in [2.24, 2.45) is 11.7 Å². The summed E-state index contributed by atoms with van der Waals surface area (Å²) in [6.45, 7) is 12.5. The first kappa shape index (κ1) is 34.6. The topological polar surface area (TPSA) is 106 Å². The SMILES string of the molecule is C=C(/C=C\N)C1=C(C)CCC(C(=O)Nc2cc(F)c(Oc3ccccc3)c(F)c2N2CCC[C@@H](CNC(=O)OC(C)(C)C)C2)=CS1. The number of hydrogen-bond acceptors (Lipinski definition) is 7. The summed E-state index contributed by atoms with van der Waals surface area (Å²) in [5.41, 5.74) is 7.20. The van der Waals surface area contributed by atoms with E-state index in [9.17, 15) is 9.59 Å². The summed E-state index contributed by atoms with van der Waals surface area (Å²) in [6.07, 6.45) is 5.11. The van der Waals surface area contributed by atoms with E-state index < -0.39 is 35.0 Å². The molecule has 4 N–H and O–H groups in total. The van der Waals surface area contributed by atoms with E-state index in [4.69, 9.17) is 15.2 Å². The highest BCUT2D eigenvalue weighted by Gasteiger charge is 2.30. The zero-order chi connectivity index (χ0) is 33.4. The molecule has 2 aliphatic rings. The maximum absolute atomic E-state index is 16.4. The van der Waals surface area contributed by atoms with Gasteiger partial charge in [0.2, 0.25) is 5.75 Å². The number of ether oxygens (including phenoxy) is 2. The minimum absolute atomic E-state index is 0.00307. The van der Waals surface area contributed by atoms with Crippen LogP contribution in [-0.2, 0) is 9.53 Å². The number of allylic oxidation sites excluding steroid dienone is 3. The number of rotatable bonds is 9. The molecular weight excluding hydrogens is 610 g/mol. The second-order valence-corrected chi connectivity index (χ2v) is 13.2. The van der Waals surface area contributed by atoms with Gasteiger partial charge < -0.3 is 30.7 Å². The molecule has 0 saturated carbocycles. The van der Waals surface area contributed by atoms with E-state index in [0.29, 0.717) is 44.5 Å². The molecule has 2 aliphatic heterocycles. The van der Waals surface area contributed by atoms with Crippen molar-refractivity contribution in [1.29, 1.82) is 0 Å². The molecule has 0 aliphatic carbocycles. The number of amides is 2. The second kappa shape index (κ2) is 15.4. The van der Waals surface area contributed by atoms with E-state index in [2.05, 4.69) is 17.2 Å². The first-order chi connectivity index (χ1) is 21.9. The average molecular weight is 653 g/mol. The van der Waals surface area contributed by atoms with Crippen LogP contribution >= 0.6 is 11.8 Å². The molecule has 1 fully saturated rings. The molecule has 46 heavy (non-hydrogen) atoms. The van der Waals surface area contributed by atoms with Crippen LogP contribution < -0.4 is 26.0 Å². The van der Waals surface area contributed by atoms with E-state index >= 15 is 8.78 Å². The number of nitrogens with two attached hydrogens (primary N) is 1. The third-order valence-electron chi connectivity index (χ3n) is 7.49. The van der Waals surface area contributed by atoms with Gasteiger partial charge in [-0.05, 0) is 94.7 Å². The number of carbonyl (C=O) groups excluding carboxylic acids is 2. The molecule has 1 saturated heterocycles. The third kappa shape index (κ3) is 9.15. The van der Waals surface area contributed by atoms with Gasteiger partial charge in [0.05, 0.1) is 5.69 Å². The lowest BCUT2D eigenvalue weighted by molar-refractivity contribution is -0.113. The van der Waals surface area contributed by atoms with E-state index in [1.54, 1.807) is 67.5 Å². The number of carbonyl (C=O) groups is 2. The van der Waals surface area contributed by atoms with Gasteiger partial charge in [0.1, 0.15) is 17.0 Å². The Morgan fingerprint density at radius 3 is 2.63 bits per heavy atom. The minimum Gasteiger partial charge on any atom is -0.451 e. The molecule has 2 amide bonds. The van der Waals surface area contributed by atoms with Crippen molar-refractivity contribution in [3.63, 3.8) is 0 Å². The number of para-hydroxylation sites is 1. The van der Waals surface area contributed by atoms with Crippen molar-refractivity contribution in [1.82, 2.24) is 5.32 Å². The average Bonchev–Trinajstić information content (AvgIpc) is 3.20. The lowest BCUT2D eigenvalue weighted by Crippen LogP contribution is -2.42. The van der Waals surface area contributed by atoms with Gasteiger partial charge in [0.15, 0.2) is 11.6 Å². The van der Waals surface area contributed by atoms with Crippen LogP contribution in [-0.4, -0.2) is 37.2 Å². The van der Waals surface area contributed by atoms with Crippen LogP contribution in [0.3, 0.4) is 0 Å². The molecule has 2 aromatic carbocycles. The van der Waals surface area contributed by atoms with Crippen LogP contribution in [0.5, 0.6) is 11.5 Å². The van der Waals surface area contributed by atoms with Gasteiger partial charge >= 0.3 is 6.09 Å². The Morgan fingerprint density at radius 1 is 1.20 bits per heavy atom. The first-order valence-corrected chi connectivity index (χ1v) is 16.1. The van der Waals surface area contributed by atoms with E-state index in [0.717, 1.165) is 28.5 Å². The summed E-state index contributed by atoms with van der Waals surface area (Å²) < 4.78 is 43.0. The lowest BCUT2D eigenvalue weighted by Gasteiger charge is -2.36. The molecule has 4 rings (SSSR count). The minimum atomic E-state index is -0.950. The highest BCUT2D eigenvalue weighted by atomic mass is 32.2. The number of alkyl carbamates (subject to hydrolysis) is 1. The number of piperidine rings is 1. The number of halogens is 2. The normalized spacial score (nSPS) is 17.3. The number of benzene rings is 2. The van der Waals surface area contributed by atoms with Crippen molar-refractivity contribution >= 4 is 35.1 Å². The number of anilines is 2. The summed E-state index contributed by atoms with van der Waals surface area (Å²) in [4.78, 5) is 28.6. The molecule has 2 aromatic rings. The number of nitrogens with zero attached hydrogens (tertiary/aromatic N) is 1. The molecule has 0 aromatic heterocycles. The molecule has 2 heterocycles. The maximum Gasteiger partial charge on any atom is 0.407 e. The Morgan fingerprint density at radius 2 is 1.93 bits per heavy atom. The van der Waals surface area contributed by atoms with Gasteiger partial charge in [-0.3, -0.25) is 4.79 Å². The Kier molecular flexibility index (Phi) is 11.6. The Labute approximate surface area is 273 Å². The number of hydrogen-bond donors (Lipinski definition) is 3. The van der Waals surface area contributed by atoms with E-state index in [-0.39, 0.29) is 23.0 Å². The highest BCUT2D eigenvalue weighted by Crippen LogP contribution is 2.42. The lowest BCUT2D eigenvalue weighted by atomic mass is 9.97. The van der Waals surface area contributed by atoms with Crippen LogP contribution in [0.2, 0.25) is 0 Å². The highest BCUT2D eigenvalue weighted by molar-refractivity contribution is 8.06. The second-order valence-electron chi connectivity index (χ2n) is 12.4. The number of thioether (sulfide) groups is 1. The van der Waals surface area contributed by atoms with Crippen LogP contribution in [0.4, 0.5) is 25.0 Å². The van der Waals surface area contributed by atoms with Crippen LogP contribution in [0.15, 0.2) is 82.3 Å². The molecule has 0 spiro atoms. The fraction of sp³-hybridized carbons (Fsp3) is 0.371. The maximum atomic E-state index is 16.4. The molecule has 11 heteroatoms. The zero-order valence-electron chi connectivity index (χ0n) is 26.8. The van der Waals surface area contributed by atoms with Gasteiger partial charge in [0.25, 0.3) is 5.91 Å². The summed E-state index contributed by atoms with van der Waals surface area (Å²) >= 11 is 1.37. The standard InChI is InChI=1S/C35H42F2N4O4S/c1-22-13-14-25(21-46-32(22)23(2)15-16-38)33(42)40-28-18-27(36)31(44-26-11-7-6-8-12-26)29(37)30(28)41-17-9-10-24(20-41)19-39-34(43)45-35(3,4)5/h6-8,11-12,15-16,18,21,24H,2,9-10,13-14,17,19-20,38H2,1,3-5H3,(H,39,43)(H,40,42)/b16-15-/t24-/m0/s1. The third-order valence-corrected chi connectivity index (χ3v) is 8.74. The van der Waals surface area contributed by atoms with Crippen LogP contribution in [0.1, 0.15) is 53.4 Å². The van der Waals surface area contributed by atoms with Gasteiger partial charge in [-0.2, -0.15) is 0 Å². The van der Waals surface area contributed by atoms with E-state index in [1.807, 2.05) is 6.92 Å². The van der Waals surface area contributed by atoms with Gasteiger partial charge in [0, 0.05) is 36.2 Å². The van der Waals surface area contributed by atoms with Crippen molar-refractivity contribution < 1.29 is 27.8 Å². The predicted molar refractivity (Wildman–Crippen MR) is 181 cm³/mol. The van der Waals surface area contributed by atoms with E-state index in [1.165, 1.54) is 18.0 Å². The number of nitrogens with one attached hydrogen (secondary N) is 2. The molecule has 0 unspecified atom stereocenters. The Bertz CT molecular complexity index is 1550. The molecule has 246 valence electrons. The summed E-state index contributed by atoms with van der Waals surface area (Å²) in [5.74, 6) is -2.67. The Balaban J connectivity index is 1.62. The quantitative estimate of drug-likeness (QED) is 0.235. The first-order valence-electron chi connectivity index (χ1n) is 15.3. The molecule has 1 atom stereocenters. The van der Waals surface area contributed by atoms with Crippen molar-refractivity contribution in [2.75, 3.05) is 29.9 Å². The van der Waals surface area contributed by atoms with Crippen molar-refractivity contribution in [3.05, 3.63) is 93.9 Å². The summed E-state index contributed by atoms with van der Waals surface area (Å²) in [7, 11) is 0. The summed E-state index contributed by atoms with van der Waals surface area (Å²) in [5, 5.41) is 7.34. The van der Waals surface area contributed by atoms with Gasteiger partial charge in [-0.15, -0.1) is 0 Å². The van der Waals surface area contributed by atoms with Crippen molar-refractivity contribution in [3.8, 4) is 11.5 Å². The fourth-order valence-electron chi connectivity index (χ4n) is 5.31. The largest absolute Gasteiger partial charge is 0.451 e. The summed E-state index contributed by atoms with van der Waals surface area (Å²) in [6, 6.07) is 9.49. The fourth-order valence-corrected chi connectivity index (χ4v) is 6.32. The molecule has 8 nitrogen and oxygen atoms in total. The molecule has 0 bridgehead atoms. The van der Waals surface area contributed by atoms with Crippen LogP contribution in [0, 0.1) is 17.6 Å². The Hall–Kier alpha value is -4.25. The molecular formula is C35H42F2N4O4S. The van der Waals surface area contributed by atoms with Gasteiger partial charge in [-0.1, -0.05) is 42.1 Å². The zero-order valence-corrected chi connectivity index (χ0v) is 27.6. The smallest absolute Gasteiger partial charge is 0.407 e. The predicted octanol–water partition coefficient (Wildman–Crippen LogP) is 8.15. The monoisotopic (exact) mass is 652 g/mol. The molecule has 0 radical (unpaired) electrons.